The lowest BCUT2D eigenvalue weighted by Crippen LogP contribution is -2.38. The van der Waals surface area contributed by atoms with Gasteiger partial charge in [-0.3, -0.25) is 9.59 Å². The molecule has 0 atom stereocenters. The smallest absolute Gasteiger partial charge is 0.244 e. The highest BCUT2D eigenvalue weighted by Crippen LogP contribution is 2.25. The molecule has 2 rings (SSSR count). The topological polar surface area (TPSA) is 58.6 Å². The number of methoxy groups -OCH3 is 1. The maximum absolute atomic E-state index is 12.6. The molecule has 1 N–H and O–H groups in total. The summed E-state index contributed by atoms with van der Waals surface area (Å²) in [6.07, 6.45) is 1.66. The number of anilines is 1. The molecule has 0 aliphatic carbocycles. The van der Waals surface area contributed by atoms with Crippen LogP contribution < -0.4 is 10.1 Å². The molecule has 0 spiro atoms. The first-order valence-electron chi connectivity index (χ1n) is 9.08. The van der Waals surface area contributed by atoms with Crippen molar-refractivity contribution >= 4 is 40.7 Å². The molecule has 2 amide bonds. The number of amides is 2. The van der Waals surface area contributed by atoms with Crippen LogP contribution in [0, 0.1) is 0 Å². The number of hydrogen-bond donors (Lipinski definition) is 1. The molecule has 7 heteroatoms. The van der Waals surface area contributed by atoms with Crippen LogP contribution in [0.2, 0.25) is 10.0 Å². The Hall–Kier alpha value is -2.24. The van der Waals surface area contributed by atoms with Gasteiger partial charge in [-0.1, -0.05) is 42.3 Å². The molecule has 0 bridgehead atoms. The summed E-state index contributed by atoms with van der Waals surface area (Å²) in [7, 11) is 1.61. The van der Waals surface area contributed by atoms with Crippen LogP contribution >= 0.6 is 23.2 Å². The molecule has 150 valence electrons. The Labute approximate surface area is 175 Å². The van der Waals surface area contributed by atoms with Crippen molar-refractivity contribution in [1.82, 2.24) is 4.90 Å². The van der Waals surface area contributed by atoms with E-state index < -0.39 is 0 Å². The number of halogens is 2. The summed E-state index contributed by atoms with van der Waals surface area (Å²) in [6, 6.07) is 12.5. The summed E-state index contributed by atoms with van der Waals surface area (Å²) >= 11 is 12.0. The van der Waals surface area contributed by atoms with Crippen molar-refractivity contribution in [2.24, 2.45) is 0 Å². The van der Waals surface area contributed by atoms with Gasteiger partial charge in [0.1, 0.15) is 5.75 Å². The van der Waals surface area contributed by atoms with Gasteiger partial charge in [0.15, 0.2) is 0 Å². The monoisotopic (exact) mass is 422 g/mol. The fraction of sp³-hybridized carbons (Fsp3) is 0.333. The minimum atomic E-state index is -0.313. The van der Waals surface area contributed by atoms with E-state index in [0.717, 1.165) is 17.7 Å². The Morgan fingerprint density at radius 1 is 1.14 bits per heavy atom. The largest absolute Gasteiger partial charge is 0.497 e. The zero-order valence-electron chi connectivity index (χ0n) is 16.0. The van der Waals surface area contributed by atoms with Gasteiger partial charge in [0.2, 0.25) is 11.8 Å². The van der Waals surface area contributed by atoms with Gasteiger partial charge in [0.25, 0.3) is 0 Å². The normalized spacial score (nSPS) is 10.4. The van der Waals surface area contributed by atoms with Crippen molar-refractivity contribution < 1.29 is 14.3 Å². The van der Waals surface area contributed by atoms with Crippen LogP contribution in [0.5, 0.6) is 5.75 Å². The second kappa shape index (κ2) is 10.9. The molecule has 0 unspecified atom stereocenters. The third kappa shape index (κ3) is 6.73. The SMILES string of the molecule is CCCN(CC(=O)Nc1cc(Cl)ccc1Cl)C(=O)CCc1cccc(OC)c1. The molecule has 0 aliphatic rings. The Balaban J connectivity index is 1.95. The number of rotatable bonds is 9. The van der Waals surface area contributed by atoms with E-state index in [2.05, 4.69) is 5.32 Å². The highest BCUT2D eigenvalue weighted by molar-refractivity contribution is 6.35. The number of nitrogens with zero attached hydrogens (tertiary/aromatic N) is 1. The van der Waals surface area contributed by atoms with Crippen molar-refractivity contribution in [2.75, 3.05) is 25.5 Å². The van der Waals surface area contributed by atoms with Crippen molar-refractivity contribution in [3.05, 3.63) is 58.1 Å². The quantitative estimate of drug-likeness (QED) is 0.630. The van der Waals surface area contributed by atoms with Gasteiger partial charge in [-0.05, 0) is 48.7 Å². The minimum absolute atomic E-state index is 0.0341. The summed E-state index contributed by atoms with van der Waals surface area (Å²) in [4.78, 5) is 26.6. The highest BCUT2D eigenvalue weighted by Gasteiger charge is 2.17. The van der Waals surface area contributed by atoms with Crippen LogP contribution in [-0.4, -0.2) is 36.9 Å². The van der Waals surface area contributed by atoms with Crippen LogP contribution in [0.1, 0.15) is 25.3 Å². The molecule has 5 nitrogen and oxygen atoms in total. The standard InChI is InChI=1S/C21H24Cl2N2O3/c1-3-11-25(14-20(26)24-19-13-16(22)8-9-18(19)23)21(27)10-7-15-5-4-6-17(12-15)28-2/h4-6,8-9,12-13H,3,7,10-11,14H2,1-2H3,(H,24,26). The van der Waals surface area contributed by atoms with Crippen LogP contribution in [0.15, 0.2) is 42.5 Å². The molecular formula is C21H24Cl2N2O3. The van der Waals surface area contributed by atoms with E-state index in [-0.39, 0.29) is 18.4 Å². The predicted molar refractivity (Wildman–Crippen MR) is 113 cm³/mol. The lowest BCUT2D eigenvalue weighted by molar-refractivity contribution is -0.134. The number of aryl methyl sites for hydroxylation is 1. The number of ether oxygens (including phenoxy) is 1. The Morgan fingerprint density at radius 2 is 1.93 bits per heavy atom. The fourth-order valence-electron chi connectivity index (χ4n) is 2.76. The molecule has 0 saturated heterocycles. The van der Waals surface area contributed by atoms with Crippen molar-refractivity contribution in [3.8, 4) is 5.75 Å². The molecule has 0 radical (unpaired) electrons. The fourth-order valence-corrected chi connectivity index (χ4v) is 3.09. The van der Waals surface area contributed by atoms with Crippen molar-refractivity contribution in [2.45, 2.75) is 26.2 Å². The first-order valence-corrected chi connectivity index (χ1v) is 9.84. The van der Waals surface area contributed by atoms with E-state index in [1.165, 1.54) is 0 Å². The zero-order chi connectivity index (χ0) is 20.5. The van der Waals surface area contributed by atoms with Gasteiger partial charge < -0.3 is 15.0 Å². The Morgan fingerprint density at radius 3 is 2.64 bits per heavy atom. The van der Waals surface area contributed by atoms with Gasteiger partial charge in [-0.25, -0.2) is 0 Å². The van der Waals surface area contributed by atoms with E-state index in [4.69, 9.17) is 27.9 Å². The summed E-state index contributed by atoms with van der Waals surface area (Å²) < 4.78 is 5.21. The second-order valence-electron chi connectivity index (χ2n) is 6.34. The molecule has 0 fully saturated rings. The van der Waals surface area contributed by atoms with E-state index >= 15 is 0 Å². The van der Waals surface area contributed by atoms with Crippen molar-refractivity contribution in [3.63, 3.8) is 0 Å². The van der Waals surface area contributed by atoms with Crippen LogP contribution in [0.3, 0.4) is 0 Å². The third-order valence-corrected chi connectivity index (χ3v) is 4.71. The number of benzene rings is 2. The van der Waals surface area contributed by atoms with E-state index in [0.29, 0.717) is 35.1 Å². The maximum Gasteiger partial charge on any atom is 0.244 e. The Kier molecular flexibility index (Phi) is 8.61. The minimum Gasteiger partial charge on any atom is -0.497 e. The van der Waals surface area contributed by atoms with Gasteiger partial charge in [-0.15, -0.1) is 0 Å². The molecule has 0 heterocycles. The number of carbonyl (C=O) groups is 2. The van der Waals surface area contributed by atoms with Gasteiger partial charge >= 0.3 is 0 Å². The number of carbonyl (C=O) groups excluding carboxylic acids is 2. The molecule has 2 aromatic carbocycles. The summed E-state index contributed by atoms with van der Waals surface area (Å²) in [6.45, 7) is 2.44. The van der Waals surface area contributed by atoms with Gasteiger partial charge in [0.05, 0.1) is 24.4 Å². The third-order valence-electron chi connectivity index (χ3n) is 4.14. The van der Waals surface area contributed by atoms with E-state index in [9.17, 15) is 9.59 Å². The van der Waals surface area contributed by atoms with Crippen LogP contribution in [-0.2, 0) is 16.0 Å². The van der Waals surface area contributed by atoms with Crippen LogP contribution in [0.4, 0.5) is 5.69 Å². The molecular weight excluding hydrogens is 399 g/mol. The molecule has 28 heavy (non-hydrogen) atoms. The van der Waals surface area contributed by atoms with E-state index in [1.54, 1.807) is 30.2 Å². The van der Waals surface area contributed by atoms with Crippen LogP contribution in [0.25, 0.3) is 0 Å². The van der Waals surface area contributed by atoms with Gasteiger partial charge in [0, 0.05) is 18.0 Å². The predicted octanol–water partition coefficient (Wildman–Crippen LogP) is 4.81. The first-order chi connectivity index (χ1) is 13.4. The lowest BCUT2D eigenvalue weighted by Gasteiger charge is -2.22. The first kappa shape index (κ1) is 22.1. The highest BCUT2D eigenvalue weighted by atomic mass is 35.5. The van der Waals surface area contributed by atoms with E-state index in [1.807, 2.05) is 31.2 Å². The van der Waals surface area contributed by atoms with Gasteiger partial charge in [-0.2, -0.15) is 0 Å². The average Bonchev–Trinajstić information content (AvgIpc) is 2.68. The molecule has 0 aromatic heterocycles. The van der Waals surface area contributed by atoms with Crippen molar-refractivity contribution in [1.29, 1.82) is 0 Å². The maximum atomic E-state index is 12.6. The Bertz CT molecular complexity index is 827. The summed E-state index contributed by atoms with van der Waals surface area (Å²) in [5.74, 6) is 0.373. The lowest BCUT2D eigenvalue weighted by atomic mass is 10.1. The number of hydrogen-bond acceptors (Lipinski definition) is 3. The average molecular weight is 423 g/mol. The summed E-state index contributed by atoms with van der Waals surface area (Å²) in [5, 5.41) is 3.58. The number of nitrogens with one attached hydrogen (secondary N) is 1. The molecule has 0 saturated carbocycles. The second-order valence-corrected chi connectivity index (χ2v) is 7.18. The molecule has 2 aromatic rings. The summed E-state index contributed by atoms with van der Waals surface area (Å²) in [5.41, 5.74) is 1.44. The molecule has 0 aliphatic heterocycles. The zero-order valence-corrected chi connectivity index (χ0v) is 17.5.